The molecule has 5 rings (SSSR count). The fraction of sp³-hybridized carbons (Fsp3) is 1.00. The van der Waals surface area contributed by atoms with Crippen LogP contribution in [0, 0.1) is 34.0 Å². The molecule has 5 fully saturated rings. The summed E-state index contributed by atoms with van der Waals surface area (Å²) in [6.07, 6.45) is 9.92. The first-order chi connectivity index (χ1) is 14.3. The Morgan fingerprint density at radius 1 is 0.933 bits per heavy atom. The van der Waals surface area contributed by atoms with Crippen molar-refractivity contribution in [3.63, 3.8) is 0 Å². The maximum Gasteiger partial charge on any atom is 0.171 e. The largest absolute Gasteiger partial charge is 0.396 e. The molecule has 5 aliphatic rings. The summed E-state index contributed by atoms with van der Waals surface area (Å²) in [4.78, 5) is 0. The van der Waals surface area contributed by atoms with E-state index >= 15 is 0 Å². The summed E-state index contributed by atoms with van der Waals surface area (Å²) in [5.74, 6) is 0.189. The minimum Gasteiger partial charge on any atom is -0.396 e. The second-order valence-electron chi connectivity index (χ2n) is 11.7. The van der Waals surface area contributed by atoms with Crippen molar-refractivity contribution in [1.29, 1.82) is 0 Å². The summed E-state index contributed by atoms with van der Waals surface area (Å²) < 4.78 is 18.3. The van der Waals surface area contributed by atoms with Crippen LogP contribution in [0.5, 0.6) is 0 Å². The molecule has 0 aromatic rings. The lowest BCUT2D eigenvalue weighted by atomic mass is 9.39. The highest BCUT2D eigenvalue weighted by atomic mass is 16.7. The molecule has 0 amide bonds. The molecule has 1 aliphatic heterocycles. The van der Waals surface area contributed by atoms with Crippen molar-refractivity contribution >= 4 is 0 Å². The van der Waals surface area contributed by atoms with Crippen molar-refractivity contribution in [2.75, 3.05) is 26.4 Å². The van der Waals surface area contributed by atoms with Gasteiger partial charge in [0.15, 0.2) is 11.6 Å². The van der Waals surface area contributed by atoms with E-state index in [0.717, 1.165) is 57.8 Å². The molecule has 2 N–H and O–H groups in total. The minimum atomic E-state index is -0.978. The molecule has 172 valence electrons. The van der Waals surface area contributed by atoms with Crippen LogP contribution in [0.4, 0.5) is 0 Å². The molecule has 5 heteroatoms. The summed E-state index contributed by atoms with van der Waals surface area (Å²) in [5, 5.41) is 22.4. The molecular formula is C25H42O5. The van der Waals surface area contributed by atoms with E-state index in [1.165, 1.54) is 6.42 Å². The van der Waals surface area contributed by atoms with Gasteiger partial charge in [-0.05, 0) is 68.1 Å². The van der Waals surface area contributed by atoms with E-state index in [1.54, 1.807) is 0 Å². The van der Waals surface area contributed by atoms with Gasteiger partial charge in [-0.1, -0.05) is 20.8 Å². The van der Waals surface area contributed by atoms with Gasteiger partial charge in [0, 0.05) is 43.3 Å². The number of hydrogen-bond donors (Lipinski definition) is 2. The Hall–Kier alpha value is -0.200. The number of hydrogen-bond acceptors (Lipinski definition) is 5. The molecule has 0 aromatic carbocycles. The van der Waals surface area contributed by atoms with E-state index in [9.17, 15) is 10.2 Å². The van der Waals surface area contributed by atoms with Crippen LogP contribution < -0.4 is 0 Å². The van der Waals surface area contributed by atoms with Gasteiger partial charge >= 0.3 is 0 Å². The van der Waals surface area contributed by atoms with E-state index < -0.39 is 11.6 Å². The van der Waals surface area contributed by atoms with Crippen LogP contribution in [0.2, 0.25) is 0 Å². The molecule has 4 saturated carbocycles. The zero-order valence-electron chi connectivity index (χ0n) is 19.3. The Labute approximate surface area is 181 Å². The number of rotatable bonds is 4. The quantitative estimate of drug-likeness (QED) is 0.663. The summed E-state index contributed by atoms with van der Waals surface area (Å²) in [6, 6.07) is 0. The Kier molecular flexibility index (Phi) is 5.16. The van der Waals surface area contributed by atoms with Crippen LogP contribution in [0.15, 0.2) is 0 Å². The lowest BCUT2D eigenvalue weighted by molar-refractivity contribution is -0.295. The lowest BCUT2D eigenvalue weighted by Gasteiger charge is -2.66. The highest BCUT2D eigenvalue weighted by Gasteiger charge is 2.69. The first kappa shape index (κ1) is 21.6. The van der Waals surface area contributed by atoms with Crippen molar-refractivity contribution in [3.8, 4) is 0 Å². The molecule has 5 unspecified atom stereocenters. The van der Waals surface area contributed by atoms with E-state index in [1.807, 2.05) is 0 Å². The average Bonchev–Trinajstić information content (AvgIpc) is 3.28. The molecule has 30 heavy (non-hydrogen) atoms. The summed E-state index contributed by atoms with van der Waals surface area (Å²) in [5.41, 5.74) is -0.170. The monoisotopic (exact) mass is 422 g/mol. The molecular weight excluding hydrogens is 380 g/mol. The van der Waals surface area contributed by atoms with Gasteiger partial charge < -0.3 is 24.4 Å². The van der Waals surface area contributed by atoms with Crippen LogP contribution in [-0.4, -0.2) is 48.2 Å². The molecule has 5 nitrogen and oxygen atoms in total. The van der Waals surface area contributed by atoms with Gasteiger partial charge in [-0.2, -0.15) is 0 Å². The molecule has 1 heterocycles. The highest BCUT2D eigenvalue weighted by molar-refractivity contribution is 5.16. The first-order valence-electron chi connectivity index (χ1n) is 12.5. The highest BCUT2D eigenvalue weighted by Crippen LogP contribution is 2.72. The van der Waals surface area contributed by atoms with Gasteiger partial charge in [0.2, 0.25) is 0 Å². The van der Waals surface area contributed by atoms with Crippen LogP contribution in [0.1, 0.15) is 85.0 Å². The molecule has 0 bridgehead atoms. The fourth-order valence-corrected chi connectivity index (χ4v) is 9.02. The van der Waals surface area contributed by atoms with Crippen LogP contribution in [0.25, 0.3) is 0 Å². The Morgan fingerprint density at radius 3 is 2.37 bits per heavy atom. The first-order valence-corrected chi connectivity index (χ1v) is 12.5. The zero-order valence-corrected chi connectivity index (χ0v) is 19.3. The molecule has 0 aromatic heterocycles. The zero-order chi connectivity index (χ0) is 21.3. The number of ether oxygens (including phenoxy) is 3. The van der Waals surface area contributed by atoms with E-state index in [2.05, 4.69) is 20.8 Å². The SMILES string of the molecule is CCCOC1(O)CCC2C3CC[C@]4(C)CC5(CCC4(CO)C3CC[C@@]21C)OCCO5. The van der Waals surface area contributed by atoms with Crippen molar-refractivity contribution < 1.29 is 24.4 Å². The van der Waals surface area contributed by atoms with Gasteiger partial charge in [-0.25, -0.2) is 0 Å². The van der Waals surface area contributed by atoms with Gasteiger partial charge in [0.25, 0.3) is 0 Å². The third-order valence-corrected chi connectivity index (χ3v) is 10.7. The van der Waals surface area contributed by atoms with Crippen LogP contribution >= 0.6 is 0 Å². The molecule has 1 spiro atoms. The Balaban J connectivity index is 1.44. The summed E-state index contributed by atoms with van der Waals surface area (Å²) >= 11 is 0. The maximum absolute atomic E-state index is 11.5. The van der Waals surface area contributed by atoms with E-state index in [-0.39, 0.29) is 22.9 Å². The lowest BCUT2D eigenvalue weighted by Crippen LogP contribution is -2.64. The topological polar surface area (TPSA) is 68.2 Å². The smallest absolute Gasteiger partial charge is 0.171 e. The summed E-state index contributed by atoms with van der Waals surface area (Å²) in [7, 11) is 0. The third-order valence-electron chi connectivity index (χ3n) is 10.7. The van der Waals surface area contributed by atoms with Crippen LogP contribution in [0.3, 0.4) is 0 Å². The van der Waals surface area contributed by atoms with Crippen LogP contribution in [-0.2, 0) is 14.2 Å². The van der Waals surface area contributed by atoms with Crippen molar-refractivity contribution in [1.82, 2.24) is 0 Å². The normalized spacial score (nSPS) is 52.1. The van der Waals surface area contributed by atoms with Gasteiger partial charge in [0.05, 0.1) is 13.2 Å². The van der Waals surface area contributed by atoms with E-state index in [0.29, 0.717) is 37.6 Å². The Bertz CT molecular complexity index is 662. The molecule has 7 atom stereocenters. The second-order valence-corrected chi connectivity index (χ2v) is 11.7. The van der Waals surface area contributed by atoms with Crippen molar-refractivity contribution in [2.45, 2.75) is 96.6 Å². The predicted octanol–water partition coefficient (Wildman–Crippen LogP) is 4.25. The van der Waals surface area contributed by atoms with Gasteiger partial charge in [0.1, 0.15) is 0 Å². The molecule has 1 saturated heterocycles. The maximum atomic E-state index is 11.5. The standard InChI is InChI=1S/C25H42O5/c1-4-13-30-25(27)10-7-19-18-5-8-21(2)16-24(28-14-15-29-24)12-11-23(21,17-26)20(18)6-9-22(19,25)3/h18-20,26-27H,4-17H2,1-3H3/t18?,19?,20?,21-,22+,23?,25?/m1/s1. The average molecular weight is 423 g/mol. The number of fused-ring (bicyclic) bond motifs is 5. The second kappa shape index (κ2) is 7.15. The summed E-state index contributed by atoms with van der Waals surface area (Å²) in [6.45, 7) is 9.08. The van der Waals surface area contributed by atoms with Crippen molar-refractivity contribution in [2.24, 2.45) is 34.0 Å². The number of aliphatic hydroxyl groups excluding tert-OH is 1. The fourth-order valence-electron chi connectivity index (χ4n) is 9.02. The van der Waals surface area contributed by atoms with Gasteiger partial charge in [-0.3, -0.25) is 0 Å². The van der Waals surface area contributed by atoms with E-state index in [4.69, 9.17) is 14.2 Å². The van der Waals surface area contributed by atoms with Crippen molar-refractivity contribution in [3.05, 3.63) is 0 Å². The third kappa shape index (κ3) is 2.71. The van der Waals surface area contributed by atoms with Gasteiger partial charge in [-0.15, -0.1) is 0 Å². The minimum absolute atomic E-state index is 0.0485. The Morgan fingerprint density at radius 2 is 1.67 bits per heavy atom. The molecule has 0 radical (unpaired) electrons. The number of aliphatic hydroxyl groups is 2. The molecule has 4 aliphatic carbocycles. The predicted molar refractivity (Wildman–Crippen MR) is 114 cm³/mol.